The number of hydrogen-bond donors (Lipinski definition) is 1. The fraction of sp³-hybridized carbons (Fsp3) is 0.500. The van der Waals surface area contributed by atoms with Crippen LogP contribution in [-0.4, -0.2) is 48.8 Å². The largest absolute Gasteiger partial charge is 0.467 e. The number of carbonyl (C=O) groups excluding carboxylic acids is 1. The van der Waals surface area contributed by atoms with Crippen molar-refractivity contribution in [2.24, 2.45) is 0 Å². The number of anilines is 1. The van der Waals surface area contributed by atoms with E-state index < -0.39 is 12.1 Å². The van der Waals surface area contributed by atoms with E-state index in [-0.39, 0.29) is 5.56 Å². The van der Waals surface area contributed by atoms with Crippen LogP contribution in [-0.2, 0) is 14.3 Å². The topological polar surface area (TPSA) is 84.5 Å². The quantitative estimate of drug-likeness (QED) is 0.575. The lowest BCUT2D eigenvalue weighted by Crippen LogP contribution is -2.47. The van der Waals surface area contributed by atoms with Gasteiger partial charge in [0.15, 0.2) is 6.10 Å². The molecular weight excluding hydrogens is 353 g/mol. The molecule has 1 atom stereocenters. The van der Waals surface area contributed by atoms with Crippen LogP contribution in [0.4, 0.5) is 5.82 Å². The molecule has 98 valence electrons. The lowest BCUT2D eigenvalue weighted by molar-refractivity contribution is -0.154. The lowest BCUT2D eigenvalue weighted by Gasteiger charge is -2.32. The number of methoxy groups -OCH3 is 1. The number of halogens is 1. The Balaban J connectivity index is 2.21. The summed E-state index contributed by atoms with van der Waals surface area (Å²) in [4.78, 5) is 31.4. The second-order valence-corrected chi connectivity index (χ2v) is 4.78. The molecule has 1 saturated heterocycles. The molecule has 1 unspecified atom stereocenters. The van der Waals surface area contributed by atoms with Gasteiger partial charge >= 0.3 is 5.97 Å². The molecule has 0 radical (unpaired) electrons. The first-order valence-electron chi connectivity index (χ1n) is 5.31. The van der Waals surface area contributed by atoms with Crippen molar-refractivity contribution >= 4 is 34.4 Å². The Bertz CT molecular complexity index is 504. The summed E-state index contributed by atoms with van der Waals surface area (Å²) in [5.74, 6) is 0.149. The van der Waals surface area contributed by atoms with E-state index in [2.05, 4.69) is 14.7 Å². The Morgan fingerprint density at radius 2 is 2.50 bits per heavy atom. The minimum Gasteiger partial charge on any atom is -0.467 e. The maximum Gasteiger partial charge on any atom is 0.336 e. The number of morpholine rings is 1. The molecular formula is C10H12IN3O4. The van der Waals surface area contributed by atoms with Gasteiger partial charge in [0.25, 0.3) is 5.56 Å². The first-order chi connectivity index (χ1) is 8.63. The fourth-order valence-electron chi connectivity index (χ4n) is 1.71. The number of carbonyl (C=O) groups is 1. The van der Waals surface area contributed by atoms with Crippen molar-refractivity contribution in [3.63, 3.8) is 0 Å². The number of ether oxygens (including phenoxy) is 2. The van der Waals surface area contributed by atoms with E-state index in [0.29, 0.717) is 29.1 Å². The normalized spacial score (nSPS) is 19.7. The molecule has 1 aliphatic rings. The third-order valence-electron chi connectivity index (χ3n) is 2.61. The zero-order valence-electron chi connectivity index (χ0n) is 9.68. The van der Waals surface area contributed by atoms with Gasteiger partial charge in [-0.15, -0.1) is 0 Å². The molecule has 1 N–H and O–H groups in total. The Labute approximate surface area is 117 Å². The van der Waals surface area contributed by atoms with Gasteiger partial charge in [-0.1, -0.05) is 0 Å². The number of aromatic amines is 1. The summed E-state index contributed by atoms with van der Waals surface area (Å²) < 4.78 is 10.5. The molecule has 18 heavy (non-hydrogen) atoms. The highest BCUT2D eigenvalue weighted by Gasteiger charge is 2.29. The standard InChI is InChI=1S/C10H12IN3O4/c1-17-10(16)6-4-14(2-3-18-6)8-7(11)9(15)13-5-12-8/h5-6H,2-4H2,1H3,(H,12,13,15). The van der Waals surface area contributed by atoms with Crippen molar-refractivity contribution in [1.82, 2.24) is 9.97 Å². The SMILES string of the molecule is COC(=O)C1CN(c2nc[nH]c(=O)c2I)CCO1. The first-order valence-corrected chi connectivity index (χ1v) is 6.39. The summed E-state index contributed by atoms with van der Waals surface area (Å²) in [6, 6.07) is 0. The number of nitrogens with zero attached hydrogens (tertiary/aromatic N) is 2. The van der Waals surface area contributed by atoms with Crippen molar-refractivity contribution in [3.05, 3.63) is 20.3 Å². The number of hydrogen-bond acceptors (Lipinski definition) is 6. The second kappa shape index (κ2) is 5.65. The maximum absolute atomic E-state index is 11.5. The maximum atomic E-state index is 11.5. The van der Waals surface area contributed by atoms with Crippen LogP contribution in [0.3, 0.4) is 0 Å². The third-order valence-corrected chi connectivity index (χ3v) is 3.58. The van der Waals surface area contributed by atoms with Crippen LogP contribution >= 0.6 is 22.6 Å². The molecule has 1 aromatic rings. The number of nitrogens with one attached hydrogen (secondary N) is 1. The predicted octanol–water partition coefficient (Wildman–Crippen LogP) is -0.247. The predicted molar refractivity (Wildman–Crippen MR) is 71.5 cm³/mol. The first kappa shape index (κ1) is 13.3. The summed E-state index contributed by atoms with van der Waals surface area (Å²) in [6.07, 6.45) is 0.711. The van der Waals surface area contributed by atoms with E-state index in [1.807, 2.05) is 27.5 Å². The summed E-state index contributed by atoms with van der Waals surface area (Å²) in [6.45, 7) is 1.31. The van der Waals surface area contributed by atoms with Gasteiger partial charge in [-0.25, -0.2) is 9.78 Å². The van der Waals surface area contributed by atoms with Gasteiger partial charge in [0.2, 0.25) is 0 Å². The van der Waals surface area contributed by atoms with Crippen molar-refractivity contribution in [1.29, 1.82) is 0 Å². The van der Waals surface area contributed by atoms with Crippen LogP contribution in [0.15, 0.2) is 11.1 Å². The number of H-pyrrole nitrogens is 1. The second-order valence-electron chi connectivity index (χ2n) is 3.70. The monoisotopic (exact) mass is 365 g/mol. The fourth-order valence-corrected chi connectivity index (χ4v) is 2.35. The van der Waals surface area contributed by atoms with Crippen LogP contribution in [0.5, 0.6) is 0 Å². The van der Waals surface area contributed by atoms with E-state index in [4.69, 9.17) is 4.74 Å². The van der Waals surface area contributed by atoms with Crippen molar-refractivity contribution in [2.45, 2.75) is 6.10 Å². The molecule has 7 nitrogen and oxygen atoms in total. The highest BCUT2D eigenvalue weighted by Crippen LogP contribution is 2.18. The lowest BCUT2D eigenvalue weighted by atomic mass is 10.2. The van der Waals surface area contributed by atoms with Crippen molar-refractivity contribution < 1.29 is 14.3 Å². The van der Waals surface area contributed by atoms with Gasteiger partial charge in [-0.2, -0.15) is 0 Å². The minimum atomic E-state index is -0.638. The minimum absolute atomic E-state index is 0.193. The molecule has 1 aliphatic heterocycles. The van der Waals surface area contributed by atoms with Crippen molar-refractivity contribution in [2.75, 3.05) is 31.7 Å². The highest BCUT2D eigenvalue weighted by atomic mass is 127. The molecule has 0 aliphatic carbocycles. The van der Waals surface area contributed by atoms with Gasteiger partial charge in [0, 0.05) is 6.54 Å². The molecule has 0 saturated carbocycles. The average Bonchev–Trinajstić information content (AvgIpc) is 2.41. The summed E-state index contributed by atoms with van der Waals surface area (Å²) >= 11 is 1.94. The summed E-state index contributed by atoms with van der Waals surface area (Å²) in [5.41, 5.74) is -0.193. The molecule has 0 amide bonds. The van der Waals surface area contributed by atoms with E-state index in [1.165, 1.54) is 13.4 Å². The molecule has 1 aromatic heterocycles. The van der Waals surface area contributed by atoms with Crippen LogP contribution < -0.4 is 10.5 Å². The molecule has 0 bridgehead atoms. The highest BCUT2D eigenvalue weighted by molar-refractivity contribution is 14.1. The summed E-state index contributed by atoms with van der Waals surface area (Å²) in [7, 11) is 1.32. The average molecular weight is 365 g/mol. The van der Waals surface area contributed by atoms with Gasteiger partial charge in [0.1, 0.15) is 9.39 Å². The van der Waals surface area contributed by atoms with E-state index in [1.54, 1.807) is 0 Å². The molecule has 0 aromatic carbocycles. The Hall–Kier alpha value is -1.16. The van der Waals surface area contributed by atoms with Gasteiger partial charge in [-0.3, -0.25) is 4.79 Å². The van der Waals surface area contributed by atoms with Gasteiger partial charge in [0.05, 0.1) is 26.6 Å². The number of esters is 1. The molecule has 2 rings (SSSR count). The van der Waals surface area contributed by atoms with Crippen LogP contribution in [0.2, 0.25) is 0 Å². The van der Waals surface area contributed by atoms with Crippen LogP contribution in [0.1, 0.15) is 0 Å². The number of rotatable bonds is 2. The third kappa shape index (κ3) is 2.64. The summed E-state index contributed by atoms with van der Waals surface area (Å²) in [5, 5.41) is 0. The van der Waals surface area contributed by atoms with Gasteiger partial charge in [-0.05, 0) is 22.6 Å². The Morgan fingerprint density at radius 1 is 1.72 bits per heavy atom. The molecule has 1 fully saturated rings. The Kier molecular flexibility index (Phi) is 4.17. The molecule has 2 heterocycles. The van der Waals surface area contributed by atoms with Crippen LogP contribution in [0.25, 0.3) is 0 Å². The number of aromatic nitrogens is 2. The zero-order chi connectivity index (χ0) is 13.1. The zero-order valence-corrected chi connectivity index (χ0v) is 11.8. The molecule has 8 heteroatoms. The van der Waals surface area contributed by atoms with E-state index in [0.717, 1.165) is 0 Å². The smallest absolute Gasteiger partial charge is 0.336 e. The van der Waals surface area contributed by atoms with Gasteiger partial charge < -0.3 is 19.4 Å². The Morgan fingerprint density at radius 3 is 3.22 bits per heavy atom. The van der Waals surface area contributed by atoms with E-state index >= 15 is 0 Å². The molecule has 0 spiro atoms. The van der Waals surface area contributed by atoms with Crippen LogP contribution in [0, 0.1) is 3.57 Å². The van der Waals surface area contributed by atoms with Crippen molar-refractivity contribution in [3.8, 4) is 0 Å². The van der Waals surface area contributed by atoms with E-state index in [9.17, 15) is 9.59 Å².